The molecular formula is C18H23N3O4S. The van der Waals surface area contributed by atoms with Crippen LogP contribution in [-0.2, 0) is 10.0 Å². The number of carbonyl (C=O) groups is 1. The van der Waals surface area contributed by atoms with Crippen molar-refractivity contribution in [2.24, 2.45) is 5.14 Å². The molecule has 140 valence electrons. The number of primary sulfonamides is 1. The summed E-state index contributed by atoms with van der Waals surface area (Å²) >= 11 is 0. The number of nitrogens with one attached hydrogen (secondary N) is 1. The minimum atomic E-state index is -3.72. The van der Waals surface area contributed by atoms with Crippen LogP contribution < -0.4 is 15.2 Å². The molecule has 3 N–H and O–H groups in total. The van der Waals surface area contributed by atoms with Crippen molar-refractivity contribution in [1.82, 2.24) is 10.2 Å². The van der Waals surface area contributed by atoms with E-state index in [1.165, 1.54) is 17.0 Å². The number of hydrogen-bond donors (Lipinski definition) is 2. The van der Waals surface area contributed by atoms with Gasteiger partial charge in [-0.15, -0.1) is 0 Å². The van der Waals surface area contributed by atoms with Crippen molar-refractivity contribution in [3.8, 4) is 5.75 Å². The van der Waals surface area contributed by atoms with E-state index in [0.29, 0.717) is 13.2 Å². The molecule has 2 rings (SSSR count). The van der Waals surface area contributed by atoms with E-state index in [1.54, 1.807) is 19.2 Å². The van der Waals surface area contributed by atoms with Gasteiger partial charge < -0.3 is 15.0 Å². The molecule has 0 saturated carbocycles. The molecule has 0 aliphatic heterocycles. The van der Waals surface area contributed by atoms with E-state index in [1.807, 2.05) is 37.3 Å². The third-order valence-electron chi connectivity index (χ3n) is 3.83. The lowest BCUT2D eigenvalue weighted by molar-refractivity contribution is 0.192. The zero-order valence-corrected chi connectivity index (χ0v) is 15.6. The summed E-state index contributed by atoms with van der Waals surface area (Å²) in [7, 11) is -2.04. The maximum Gasteiger partial charge on any atom is 0.317 e. The average Bonchev–Trinajstić information content (AvgIpc) is 2.61. The Hall–Kier alpha value is -2.58. The highest BCUT2D eigenvalue weighted by Gasteiger charge is 2.14. The van der Waals surface area contributed by atoms with Crippen LogP contribution in [0, 0.1) is 0 Å². The summed E-state index contributed by atoms with van der Waals surface area (Å²) < 4.78 is 28.1. The largest absolute Gasteiger partial charge is 0.492 e. The predicted octanol–water partition coefficient (Wildman–Crippen LogP) is 2.12. The van der Waals surface area contributed by atoms with Crippen LogP contribution >= 0.6 is 0 Å². The number of hydrogen-bond acceptors (Lipinski definition) is 4. The second-order valence-electron chi connectivity index (χ2n) is 5.87. The summed E-state index contributed by atoms with van der Waals surface area (Å²) in [5.74, 6) is 0.754. The summed E-state index contributed by atoms with van der Waals surface area (Å²) in [6, 6.07) is 15.0. The second kappa shape index (κ2) is 8.68. The number of ether oxygens (including phenoxy) is 1. The van der Waals surface area contributed by atoms with Crippen molar-refractivity contribution < 1.29 is 17.9 Å². The number of sulfonamides is 1. The lowest BCUT2D eigenvalue weighted by atomic mass is 10.1. The normalized spacial score (nSPS) is 12.3. The highest BCUT2D eigenvalue weighted by Crippen LogP contribution is 2.15. The van der Waals surface area contributed by atoms with Gasteiger partial charge in [-0.3, -0.25) is 0 Å². The molecule has 0 heterocycles. The van der Waals surface area contributed by atoms with Crippen molar-refractivity contribution in [3.05, 3.63) is 60.2 Å². The maximum absolute atomic E-state index is 12.2. The first-order valence-electron chi connectivity index (χ1n) is 8.09. The zero-order chi connectivity index (χ0) is 19.2. The Kier molecular flexibility index (Phi) is 6.59. The molecule has 2 amide bonds. The number of rotatable bonds is 7. The number of para-hydroxylation sites is 1. The molecule has 26 heavy (non-hydrogen) atoms. The molecule has 0 unspecified atom stereocenters. The minimum Gasteiger partial charge on any atom is -0.492 e. The lowest BCUT2D eigenvalue weighted by Gasteiger charge is -2.22. The highest BCUT2D eigenvalue weighted by molar-refractivity contribution is 7.89. The van der Waals surface area contributed by atoms with Gasteiger partial charge in [0.05, 0.1) is 17.5 Å². The van der Waals surface area contributed by atoms with Crippen LogP contribution in [0.4, 0.5) is 4.79 Å². The molecule has 0 aliphatic carbocycles. The van der Waals surface area contributed by atoms with E-state index in [2.05, 4.69) is 5.32 Å². The van der Waals surface area contributed by atoms with Gasteiger partial charge in [0, 0.05) is 7.05 Å². The number of urea groups is 1. The molecule has 8 heteroatoms. The van der Waals surface area contributed by atoms with Crippen LogP contribution in [0.3, 0.4) is 0 Å². The van der Waals surface area contributed by atoms with Gasteiger partial charge in [-0.25, -0.2) is 18.4 Å². The quantitative estimate of drug-likeness (QED) is 0.771. The van der Waals surface area contributed by atoms with E-state index in [0.717, 1.165) is 11.3 Å². The summed E-state index contributed by atoms with van der Waals surface area (Å²) in [6.07, 6.45) is 0. The Morgan fingerprint density at radius 1 is 1.15 bits per heavy atom. The van der Waals surface area contributed by atoms with Crippen molar-refractivity contribution in [3.63, 3.8) is 0 Å². The second-order valence-corrected chi connectivity index (χ2v) is 7.43. The van der Waals surface area contributed by atoms with Crippen LogP contribution in [0.2, 0.25) is 0 Å². The molecule has 0 radical (unpaired) electrons. The standard InChI is InChI=1S/C18H23N3O4S/c1-14(15-8-10-17(11-9-15)26(19,23)24)20-18(22)21(2)12-13-25-16-6-4-3-5-7-16/h3-11,14H,12-13H2,1-2H3,(H,20,22)(H2,19,23,24)/t14-/m1/s1. The number of benzene rings is 2. The van der Waals surface area contributed by atoms with E-state index in [9.17, 15) is 13.2 Å². The Bertz CT molecular complexity index is 823. The van der Waals surface area contributed by atoms with Gasteiger partial charge in [-0.2, -0.15) is 0 Å². The Morgan fingerprint density at radius 2 is 1.77 bits per heavy atom. The fourth-order valence-corrected chi connectivity index (χ4v) is 2.76. The van der Waals surface area contributed by atoms with Crippen LogP contribution in [0.1, 0.15) is 18.5 Å². The molecule has 1 atom stereocenters. The highest BCUT2D eigenvalue weighted by atomic mass is 32.2. The number of amides is 2. The van der Waals surface area contributed by atoms with E-state index < -0.39 is 10.0 Å². The fourth-order valence-electron chi connectivity index (χ4n) is 2.24. The van der Waals surface area contributed by atoms with Gasteiger partial charge in [0.1, 0.15) is 12.4 Å². The molecule has 0 bridgehead atoms. The minimum absolute atomic E-state index is 0.0370. The van der Waals surface area contributed by atoms with Crippen molar-refractivity contribution in [1.29, 1.82) is 0 Å². The first-order valence-corrected chi connectivity index (χ1v) is 9.64. The summed E-state index contributed by atoms with van der Waals surface area (Å²) in [5.41, 5.74) is 0.777. The molecule has 0 aromatic heterocycles. The lowest BCUT2D eigenvalue weighted by Crippen LogP contribution is -2.40. The third kappa shape index (κ3) is 5.75. The van der Waals surface area contributed by atoms with E-state index in [4.69, 9.17) is 9.88 Å². The molecule has 0 saturated heterocycles. The Labute approximate surface area is 153 Å². The van der Waals surface area contributed by atoms with Gasteiger partial charge in [0.15, 0.2) is 0 Å². The van der Waals surface area contributed by atoms with Gasteiger partial charge in [0.2, 0.25) is 10.0 Å². The monoisotopic (exact) mass is 377 g/mol. The predicted molar refractivity (Wildman–Crippen MR) is 99.3 cm³/mol. The van der Waals surface area contributed by atoms with Crippen LogP contribution in [0.15, 0.2) is 59.5 Å². The van der Waals surface area contributed by atoms with Crippen LogP contribution in [0.5, 0.6) is 5.75 Å². The third-order valence-corrected chi connectivity index (χ3v) is 4.76. The molecule has 0 fully saturated rings. The topological polar surface area (TPSA) is 102 Å². The zero-order valence-electron chi connectivity index (χ0n) is 14.8. The number of nitrogens with two attached hydrogens (primary N) is 1. The first-order chi connectivity index (χ1) is 12.3. The van der Waals surface area contributed by atoms with Gasteiger partial charge in [-0.1, -0.05) is 30.3 Å². The molecule has 7 nitrogen and oxygen atoms in total. The number of nitrogens with zero attached hydrogens (tertiary/aromatic N) is 1. The number of carbonyl (C=O) groups excluding carboxylic acids is 1. The summed E-state index contributed by atoms with van der Waals surface area (Å²) in [5, 5.41) is 7.93. The first kappa shape index (κ1) is 19.7. The smallest absolute Gasteiger partial charge is 0.317 e. The molecule has 2 aromatic carbocycles. The molecule has 0 spiro atoms. The van der Waals surface area contributed by atoms with Gasteiger partial charge >= 0.3 is 6.03 Å². The van der Waals surface area contributed by atoms with Crippen LogP contribution in [0.25, 0.3) is 0 Å². The maximum atomic E-state index is 12.2. The Morgan fingerprint density at radius 3 is 2.35 bits per heavy atom. The van der Waals surface area contributed by atoms with Gasteiger partial charge in [0.25, 0.3) is 0 Å². The number of likely N-dealkylation sites (N-methyl/N-ethyl adjacent to an activating group) is 1. The van der Waals surface area contributed by atoms with Gasteiger partial charge in [-0.05, 0) is 36.8 Å². The van der Waals surface area contributed by atoms with E-state index >= 15 is 0 Å². The average molecular weight is 377 g/mol. The van der Waals surface area contributed by atoms with Crippen molar-refractivity contribution >= 4 is 16.1 Å². The molecular weight excluding hydrogens is 354 g/mol. The summed E-state index contributed by atoms with van der Waals surface area (Å²) in [4.78, 5) is 13.8. The molecule has 0 aliphatic rings. The summed E-state index contributed by atoms with van der Waals surface area (Å²) in [6.45, 7) is 2.63. The van der Waals surface area contributed by atoms with E-state index in [-0.39, 0.29) is 17.0 Å². The van der Waals surface area contributed by atoms with Crippen molar-refractivity contribution in [2.45, 2.75) is 17.9 Å². The fraction of sp³-hybridized carbons (Fsp3) is 0.278. The van der Waals surface area contributed by atoms with Crippen LogP contribution in [-0.4, -0.2) is 39.5 Å². The van der Waals surface area contributed by atoms with Crippen molar-refractivity contribution in [2.75, 3.05) is 20.2 Å². The molecule has 2 aromatic rings. The SMILES string of the molecule is C[C@@H](NC(=O)N(C)CCOc1ccccc1)c1ccc(S(N)(=O)=O)cc1. The Balaban J connectivity index is 1.83.